The normalized spacial score (nSPS) is 22.9. The van der Waals surface area contributed by atoms with E-state index in [1.165, 1.54) is 38.2 Å². The highest BCUT2D eigenvalue weighted by molar-refractivity contribution is 5.58. The molecule has 1 saturated carbocycles. The molecular weight excluding hydrogens is 251 g/mol. The predicted octanol–water partition coefficient (Wildman–Crippen LogP) is 4.86. The number of anilines is 1. The molecule has 1 aliphatic rings. The minimum absolute atomic E-state index is 0.141. The van der Waals surface area contributed by atoms with E-state index in [9.17, 15) is 4.39 Å². The Morgan fingerprint density at radius 2 is 2.15 bits per heavy atom. The summed E-state index contributed by atoms with van der Waals surface area (Å²) in [5.74, 6) is 0.407. The second-order valence-electron chi connectivity index (χ2n) is 5.78. The fourth-order valence-corrected chi connectivity index (χ4v) is 3.20. The van der Waals surface area contributed by atoms with Crippen molar-refractivity contribution in [1.29, 1.82) is 5.26 Å². The average molecular weight is 274 g/mol. The molecule has 1 aromatic rings. The van der Waals surface area contributed by atoms with E-state index >= 15 is 0 Å². The molecule has 2 rings (SSSR count). The van der Waals surface area contributed by atoms with Crippen molar-refractivity contribution in [2.75, 3.05) is 5.32 Å². The lowest BCUT2D eigenvalue weighted by Crippen LogP contribution is -2.19. The fourth-order valence-electron chi connectivity index (χ4n) is 3.20. The van der Waals surface area contributed by atoms with Crippen molar-refractivity contribution in [3.8, 4) is 6.07 Å². The molecule has 0 bridgehead atoms. The van der Waals surface area contributed by atoms with Crippen molar-refractivity contribution in [2.45, 2.75) is 57.9 Å². The second kappa shape index (κ2) is 7.28. The first-order valence-corrected chi connectivity index (χ1v) is 7.69. The SMILES string of the molecule is CCCC1CCCC(Nc2cccc(F)c2C#N)CC1. The Morgan fingerprint density at radius 1 is 1.30 bits per heavy atom. The highest BCUT2D eigenvalue weighted by Crippen LogP contribution is 2.29. The Labute approximate surface area is 121 Å². The summed E-state index contributed by atoms with van der Waals surface area (Å²) in [6.45, 7) is 2.24. The van der Waals surface area contributed by atoms with Gasteiger partial charge in [-0.25, -0.2) is 4.39 Å². The molecule has 0 aliphatic heterocycles. The van der Waals surface area contributed by atoms with E-state index in [4.69, 9.17) is 5.26 Å². The molecule has 3 heteroatoms. The summed E-state index contributed by atoms with van der Waals surface area (Å²) >= 11 is 0. The zero-order valence-corrected chi connectivity index (χ0v) is 12.2. The summed E-state index contributed by atoms with van der Waals surface area (Å²) in [5.41, 5.74) is 0.785. The Hall–Kier alpha value is -1.56. The molecule has 1 aliphatic carbocycles. The first-order chi connectivity index (χ1) is 9.74. The van der Waals surface area contributed by atoms with Crippen LogP contribution in [0.4, 0.5) is 10.1 Å². The summed E-state index contributed by atoms with van der Waals surface area (Å²) in [5, 5.41) is 12.4. The maximum atomic E-state index is 13.6. The third-order valence-electron chi connectivity index (χ3n) is 4.27. The molecular formula is C17H23FN2. The molecule has 0 saturated heterocycles. The van der Waals surface area contributed by atoms with Crippen LogP contribution in [0.2, 0.25) is 0 Å². The van der Waals surface area contributed by atoms with Crippen molar-refractivity contribution < 1.29 is 4.39 Å². The van der Waals surface area contributed by atoms with Crippen LogP contribution < -0.4 is 5.32 Å². The van der Waals surface area contributed by atoms with E-state index in [-0.39, 0.29) is 5.56 Å². The van der Waals surface area contributed by atoms with E-state index < -0.39 is 5.82 Å². The van der Waals surface area contributed by atoms with Crippen molar-refractivity contribution in [1.82, 2.24) is 0 Å². The molecule has 20 heavy (non-hydrogen) atoms. The number of nitrogens with zero attached hydrogens (tertiary/aromatic N) is 1. The zero-order valence-electron chi connectivity index (χ0n) is 12.2. The maximum Gasteiger partial charge on any atom is 0.143 e. The van der Waals surface area contributed by atoms with Crippen molar-refractivity contribution >= 4 is 5.69 Å². The first-order valence-electron chi connectivity index (χ1n) is 7.69. The monoisotopic (exact) mass is 274 g/mol. The molecule has 0 radical (unpaired) electrons. The van der Waals surface area contributed by atoms with Gasteiger partial charge in [0.25, 0.3) is 0 Å². The lowest BCUT2D eigenvalue weighted by atomic mass is 9.95. The number of hydrogen-bond donors (Lipinski definition) is 1. The smallest absolute Gasteiger partial charge is 0.143 e. The molecule has 1 aromatic carbocycles. The van der Waals surface area contributed by atoms with Crippen LogP contribution in [0.5, 0.6) is 0 Å². The van der Waals surface area contributed by atoms with Crippen molar-refractivity contribution in [3.63, 3.8) is 0 Å². The summed E-state index contributed by atoms with van der Waals surface area (Å²) in [6.07, 6.45) is 8.57. The van der Waals surface area contributed by atoms with Gasteiger partial charge >= 0.3 is 0 Å². The van der Waals surface area contributed by atoms with E-state index in [1.807, 2.05) is 6.07 Å². The summed E-state index contributed by atoms with van der Waals surface area (Å²) < 4.78 is 13.6. The van der Waals surface area contributed by atoms with Crippen LogP contribution >= 0.6 is 0 Å². The van der Waals surface area contributed by atoms with Gasteiger partial charge in [0.2, 0.25) is 0 Å². The standard InChI is InChI=1S/C17H23FN2/c1-2-5-13-6-3-7-14(11-10-13)20-17-9-4-8-16(18)15(17)12-19/h4,8-9,13-14,20H,2-3,5-7,10-11H2,1H3. The Morgan fingerprint density at radius 3 is 2.90 bits per heavy atom. The predicted molar refractivity (Wildman–Crippen MR) is 80.0 cm³/mol. The number of hydrogen-bond acceptors (Lipinski definition) is 2. The van der Waals surface area contributed by atoms with E-state index in [0.29, 0.717) is 11.7 Å². The number of nitriles is 1. The molecule has 1 fully saturated rings. The van der Waals surface area contributed by atoms with Gasteiger partial charge in [-0.15, -0.1) is 0 Å². The lowest BCUT2D eigenvalue weighted by Gasteiger charge is -2.19. The van der Waals surface area contributed by atoms with Gasteiger partial charge in [0.1, 0.15) is 17.4 Å². The maximum absolute atomic E-state index is 13.6. The molecule has 0 spiro atoms. The van der Waals surface area contributed by atoms with Crippen LogP contribution in [0.1, 0.15) is 57.4 Å². The lowest BCUT2D eigenvalue weighted by molar-refractivity contribution is 0.422. The third kappa shape index (κ3) is 3.72. The van der Waals surface area contributed by atoms with Gasteiger partial charge in [-0.1, -0.05) is 38.7 Å². The van der Waals surface area contributed by atoms with Crippen LogP contribution in [0.15, 0.2) is 18.2 Å². The van der Waals surface area contributed by atoms with Crippen LogP contribution in [0.3, 0.4) is 0 Å². The zero-order chi connectivity index (χ0) is 14.4. The van der Waals surface area contributed by atoms with Crippen LogP contribution in [0, 0.1) is 23.1 Å². The number of halogens is 1. The molecule has 0 heterocycles. The number of nitrogens with one attached hydrogen (secondary N) is 1. The third-order valence-corrected chi connectivity index (χ3v) is 4.27. The van der Waals surface area contributed by atoms with Gasteiger partial charge in [-0.05, 0) is 37.3 Å². The molecule has 0 amide bonds. The van der Waals surface area contributed by atoms with Crippen molar-refractivity contribution in [3.05, 3.63) is 29.6 Å². The molecule has 2 atom stereocenters. The minimum atomic E-state index is -0.435. The van der Waals surface area contributed by atoms with E-state index in [2.05, 4.69) is 12.2 Å². The van der Waals surface area contributed by atoms with Crippen molar-refractivity contribution in [2.24, 2.45) is 5.92 Å². The largest absolute Gasteiger partial charge is 0.381 e. The molecule has 1 N–H and O–H groups in total. The van der Waals surface area contributed by atoms with Gasteiger partial charge in [-0.2, -0.15) is 5.26 Å². The quantitative estimate of drug-likeness (QED) is 0.796. The Balaban J connectivity index is 2.00. The van der Waals surface area contributed by atoms with Gasteiger partial charge in [0.15, 0.2) is 0 Å². The van der Waals surface area contributed by atoms with Crippen LogP contribution in [-0.2, 0) is 0 Å². The number of benzene rings is 1. The topological polar surface area (TPSA) is 35.8 Å². The van der Waals surface area contributed by atoms with Crippen LogP contribution in [0.25, 0.3) is 0 Å². The van der Waals surface area contributed by atoms with Gasteiger partial charge in [-0.3, -0.25) is 0 Å². The van der Waals surface area contributed by atoms with Gasteiger partial charge < -0.3 is 5.32 Å². The average Bonchev–Trinajstić information content (AvgIpc) is 2.65. The van der Waals surface area contributed by atoms with Gasteiger partial charge in [0, 0.05) is 6.04 Å². The summed E-state index contributed by atoms with van der Waals surface area (Å²) in [7, 11) is 0. The van der Waals surface area contributed by atoms with E-state index in [0.717, 1.165) is 18.8 Å². The second-order valence-corrected chi connectivity index (χ2v) is 5.78. The van der Waals surface area contributed by atoms with E-state index in [1.54, 1.807) is 12.1 Å². The molecule has 2 unspecified atom stereocenters. The number of rotatable bonds is 4. The highest BCUT2D eigenvalue weighted by Gasteiger charge is 2.19. The molecule has 0 aromatic heterocycles. The first kappa shape index (κ1) is 14.8. The Kier molecular flexibility index (Phi) is 5.40. The van der Waals surface area contributed by atoms with Crippen LogP contribution in [-0.4, -0.2) is 6.04 Å². The minimum Gasteiger partial charge on any atom is -0.381 e. The molecule has 2 nitrogen and oxygen atoms in total. The molecule has 108 valence electrons. The fraction of sp³-hybridized carbons (Fsp3) is 0.588. The summed E-state index contributed by atoms with van der Waals surface area (Å²) in [4.78, 5) is 0. The Bertz CT molecular complexity index is 478. The summed E-state index contributed by atoms with van der Waals surface area (Å²) in [6, 6.07) is 7.13. The van der Waals surface area contributed by atoms with Gasteiger partial charge in [0.05, 0.1) is 5.69 Å². The highest BCUT2D eigenvalue weighted by atomic mass is 19.1.